The molecular formula is C14H17NO4. The molecule has 0 fully saturated rings. The second-order valence-electron chi connectivity index (χ2n) is 3.62. The number of allylic oxidation sites excluding steroid dienone is 2. The standard InChI is InChI=1S/C14H17NO4/c1-3-19-13(16)7-5-4-6-10-8-11(18-2)9-12(15)14(10)17/h4-9,17H,3,15H2,1-2H3. The summed E-state index contributed by atoms with van der Waals surface area (Å²) >= 11 is 0. The normalized spacial score (nSPS) is 11.1. The molecule has 3 N–H and O–H groups in total. The molecule has 0 aliphatic rings. The van der Waals surface area contributed by atoms with Crippen molar-refractivity contribution in [2.24, 2.45) is 0 Å². The van der Waals surface area contributed by atoms with Gasteiger partial charge in [0.1, 0.15) is 11.5 Å². The lowest BCUT2D eigenvalue weighted by Crippen LogP contribution is -1.98. The van der Waals surface area contributed by atoms with E-state index in [9.17, 15) is 9.90 Å². The summed E-state index contributed by atoms with van der Waals surface area (Å²) in [4.78, 5) is 11.0. The van der Waals surface area contributed by atoms with Crippen molar-refractivity contribution in [3.63, 3.8) is 0 Å². The van der Waals surface area contributed by atoms with Crippen molar-refractivity contribution in [2.45, 2.75) is 6.92 Å². The van der Waals surface area contributed by atoms with Gasteiger partial charge >= 0.3 is 5.97 Å². The van der Waals surface area contributed by atoms with E-state index < -0.39 is 5.97 Å². The van der Waals surface area contributed by atoms with Crippen LogP contribution in [0.4, 0.5) is 5.69 Å². The molecule has 0 bridgehead atoms. The van der Waals surface area contributed by atoms with E-state index in [0.29, 0.717) is 17.9 Å². The molecule has 0 saturated carbocycles. The number of phenols is 1. The Labute approximate surface area is 111 Å². The lowest BCUT2D eigenvalue weighted by Gasteiger charge is -2.06. The number of benzene rings is 1. The van der Waals surface area contributed by atoms with Crippen molar-refractivity contribution >= 4 is 17.7 Å². The Hall–Kier alpha value is -2.43. The van der Waals surface area contributed by atoms with E-state index in [-0.39, 0.29) is 11.4 Å². The molecule has 0 saturated heterocycles. The molecule has 1 rings (SSSR count). The number of nitrogen functional groups attached to an aromatic ring is 1. The van der Waals surface area contributed by atoms with Crippen LogP contribution < -0.4 is 10.5 Å². The maximum absolute atomic E-state index is 11.0. The van der Waals surface area contributed by atoms with Crippen molar-refractivity contribution in [1.82, 2.24) is 0 Å². The number of esters is 1. The molecule has 1 aromatic carbocycles. The van der Waals surface area contributed by atoms with Crippen LogP contribution in [0, 0.1) is 0 Å². The summed E-state index contributed by atoms with van der Waals surface area (Å²) in [5.41, 5.74) is 6.37. The van der Waals surface area contributed by atoms with Crippen LogP contribution in [-0.2, 0) is 9.53 Å². The van der Waals surface area contributed by atoms with Crippen molar-refractivity contribution in [2.75, 3.05) is 19.5 Å². The molecule has 102 valence electrons. The minimum absolute atomic E-state index is 0.0263. The summed E-state index contributed by atoms with van der Waals surface area (Å²) in [6.45, 7) is 2.07. The van der Waals surface area contributed by atoms with E-state index in [1.54, 1.807) is 25.1 Å². The lowest BCUT2D eigenvalue weighted by atomic mass is 10.1. The van der Waals surface area contributed by atoms with Crippen LogP contribution in [0.3, 0.4) is 0 Å². The van der Waals surface area contributed by atoms with Crippen molar-refractivity contribution < 1.29 is 19.4 Å². The second kappa shape index (κ2) is 7.10. The van der Waals surface area contributed by atoms with Crippen LogP contribution in [-0.4, -0.2) is 24.8 Å². The first-order valence-corrected chi connectivity index (χ1v) is 5.76. The number of carbonyl (C=O) groups is 1. The van der Waals surface area contributed by atoms with Gasteiger partial charge in [-0.05, 0) is 13.0 Å². The van der Waals surface area contributed by atoms with Crippen molar-refractivity contribution in [3.8, 4) is 11.5 Å². The van der Waals surface area contributed by atoms with E-state index in [4.69, 9.17) is 15.2 Å². The highest BCUT2D eigenvalue weighted by molar-refractivity contribution is 5.82. The second-order valence-corrected chi connectivity index (χ2v) is 3.62. The first-order valence-electron chi connectivity index (χ1n) is 5.76. The van der Waals surface area contributed by atoms with Gasteiger partial charge in [0, 0.05) is 17.7 Å². The highest BCUT2D eigenvalue weighted by Crippen LogP contribution is 2.31. The van der Waals surface area contributed by atoms with Crippen LogP contribution in [0.15, 0.2) is 30.4 Å². The van der Waals surface area contributed by atoms with Gasteiger partial charge in [0.2, 0.25) is 0 Å². The van der Waals surface area contributed by atoms with Crippen LogP contribution >= 0.6 is 0 Å². The van der Waals surface area contributed by atoms with E-state index in [1.165, 1.54) is 25.3 Å². The average Bonchev–Trinajstić information content (AvgIpc) is 2.39. The number of nitrogens with two attached hydrogens (primary N) is 1. The molecule has 0 aromatic heterocycles. The molecule has 0 atom stereocenters. The number of hydrogen-bond acceptors (Lipinski definition) is 5. The Kier molecular flexibility index (Phi) is 5.47. The molecule has 19 heavy (non-hydrogen) atoms. The quantitative estimate of drug-likeness (QED) is 0.279. The highest BCUT2D eigenvalue weighted by atomic mass is 16.5. The monoisotopic (exact) mass is 263 g/mol. The molecule has 0 aliphatic carbocycles. The van der Waals surface area contributed by atoms with Gasteiger partial charge in [-0.15, -0.1) is 0 Å². The number of rotatable bonds is 5. The number of methoxy groups -OCH3 is 1. The maximum Gasteiger partial charge on any atom is 0.330 e. The van der Waals surface area contributed by atoms with E-state index in [2.05, 4.69) is 0 Å². The van der Waals surface area contributed by atoms with Crippen LogP contribution in [0.1, 0.15) is 12.5 Å². The van der Waals surface area contributed by atoms with Crippen molar-refractivity contribution in [1.29, 1.82) is 0 Å². The Bertz CT molecular complexity index is 506. The van der Waals surface area contributed by atoms with Gasteiger partial charge in [-0.2, -0.15) is 0 Å². The fraction of sp³-hybridized carbons (Fsp3) is 0.214. The number of phenolic OH excluding ortho intramolecular Hbond substituents is 1. The molecule has 1 aromatic rings. The topological polar surface area (TPSA) is 81.8 Å². The van der Waals surface area contributed by atoms with E-state index in [0.717, 1.165) is 0 Å². The molecule has 5 heteroatoms. The fourth-order valence-electron chi connectivity index (χ4n) is 1.38. The Balaban J connectivity index is 2.81. The molecule has 0 spiro atoms. The van der Waals surface area contributed by atoms with Gasteiger partial charge < -0.3 is 20.3 Å². The third-order valence-electron chi connectivity index (χ3n) is 2.28. The van der Waals surface area contributed by atoms with Gasteiger partial charge in [-0.3, -0.25) is 0 Å². The third kappa shape index (κ3) is 4.39. The minimum atomic E-state index is -0.415. The zero-order valence-corrected chi connectivity index (χ0v) is 10.9. The largest absolute Gasteiger partial charge is 0.505 e. The number of hydrogen-bond donors (Lipinski definition) is 2. The van der Waals surface area contributed by atoms with Gasteiger partial charge in [-0.25, -0.2) is 4.79 Å². The molecule has 0 aliphatic heterocycles. The van der Waals surface area contributed by atoms with Gasteiger partial charge in [0.25, 0.3) is 0 Å². The SMILES string of the molecule is CCOC(=O)C=CC=Cc1cc(OC)cc(N)c1O. The predicted octanol–water partition coefficient (Wildman–Crippen LogP) is 2.12. The van der Waals surface area contributed by atoms with Crippen LogP contribution in [0.2, 0.25) is 0 Å². The summed E-state index contributed by atoms with van der Waals surface area (Å²) in [6.07, 6.45) is 6.03. The zero-order valence-electron chi connectivity index (χ0n) is 10.9. The molecule has 0 amide bonds. The third-order valence-corrected chi connectivity index (χ3v) is 2.28. The summed E-state index contributed by atoms with van der Waals surface area (Å²) < 4.78 is 9.77. The van der Waals surface area contributed by atoms with Crippen LogP contribution in [0.5, 0.6) is 11.5 Å². The van der Waals surface area contributed by atoms with Crippen molar-refractivity contribution in [3.05, 3.63) is 35.9 Å². The fourth-order valence-corrected chi connectivity index (χ4v) is 1.38. The number of carbonyl (C=O) groups excluding carboxylic acids is 1. The minimum Gasteiger partial charge on any atom is -0.505 e. The molecule has 0 unspecified atom stereocenters. The summed E-state index contributed by atoms with van der Waals surface area (Å²) in [7, 11) is 1.51. The smallest absolute Gasteiger partial charge is 0.330 e. The molecule has 5 nitrogen and oxygen atoms in total. The number of anilines is 1. The average molecular weight is 263 g/mol. The maximum atomic E-state index is 11.0. The first-order chi connectivity index (χ1) is 9.08. The Morgan fingerprint density at radius 2 is 2.16 bits per heavy atom. The number of aromatic hydroxyl groups is 1. The van der Waals surface area contributed by atoms with Gasteiger partial charge in [-0.1, -0.05) is 18.2 Å². The molecule has 0 radical (unpaired) electrons. The zero-order chi connectivity index (χ0) is 14.3. The molecular weight excluding hydrogens is 246 g/mol. The summed E-state index contributed by atoms with van der Waals surface area (Å²) in [6, 6.07) is 3.17. The van der Waals surface area contributed by atoms with Gasteiger partial charge in [0.15, 0.2) is 0 Å². The lowest BCUT2D eigenvalue weighted by molar-refractivity contribution is -0.137. The van der Waals surface area contributed by atoms with E-state index >= 15 is 0 Å². The Morgan fingerprint density at radius 1 is 1.42 bits per heavy atom. The van der Waals surface area contributed by atoms with Gasteiger partial charge in [0.05, 0.1) is 19.4 Å². The van der Waals surface area contributed by atoms with Crippen LogP contribution in [0.25, 0.3) is 6.08 Å². The first kappa shape index (κ1) is 14.6. The Morgan fingerprint density at radius 3 is 2.79 bits per heavy atom. The number of ether oxygens (including phenoxy) is 2. The predicted molar refractivity (Wildman–Crippen MR) is 73.9 cm³/mol. The van der Waals surface area contributed by atoms with E-state index in [1.807, 2.05) is 0 Å². The summed E-state index contributed by atoms with van der Waals surface area (Å²) in [5, 5.41) is 9.76. The molecule has 0 heterocycles. The summed E-state index contributed by atoms with van der Waals surface area (Å²) in [5.74, 6) is 0.104. The highest BCUT2D eigenvalue weighted by Gasteiger charge is 2.05.